The minimum Gasteiger partial charge on any atom is -0.364 e. The van der Waals surface area contributed by atoms with Crippen LogP contribution in [0, 0.1) is 3.57 Å². The van der Waals surface area contributed by atoms with Crippen LogP contribution in [0.4, 0.5) is 0 Å². The number of aromatic amines is 1. The second-order valence-electron chi connectivity index (χ2n) is 5.65. The van der Waals surface area contributed by atoms with Crippen molar-refractivity contribution >= 4 is 34.4 Å². The smallest absolute Gasteiger partial charge is 0.269 e. The summed E-state index contributed by atoms with van der Waals surface area (Å²) in [6, 6.07) is 9.32. The van der Waals surface area contributed by atoms with Gasteiger partial charge in [0.05, 0.1) is 0 Å². The zero-order valence-corrected chi connectivity index (χ0v) is 14.6. The lowest BCUT2D eigenvalue weighted by Gasteiger charge is -2.31. The Labute approximate surface area is 147 Å². The van der Waals surface area contributed by atoms with E-state index in [9.17, 15) is 9.59 Å². The third kappa shape index (κ3) is 3.54. The van der Waals surface area contributed by atoms with E-state index in [-0.39, 0.29) is 17.5 Å². The van der Waals surface area contributed by atoms with Gasteiger partial charge in [-0.15, -0.1) is 0 Å². The van der Waals surface area contributed by atoms with Gasteiger partial charge in [0.25, 0.3) is 11.8 Å². The number of primary amides is 1. The first kappa shape index (κ1) is 16.0. The van der Waals surface area contributed by atoms with Crippen molar-refractivity contribution in [2.75, 3.05) is 13.1 Å². The number of rotatable bonds is 3. The van der Waals surface area contributed by atoms with Gasteiger partial charge in [-0.2, -0.15) is 5.10 Å². The summed E-state index contributed by atoms with van der Waals surface area (Å²) in [4.78, 5) is 25.5. The van der Waals surface area contributed by atoms with Crippen LogP contribution in [-0.4, -0.2) is 40.0 Å². The highest BCUT2D eigenvalue weighted by Gasteiger charge is 2.26. The van der Waals surface area contributed by atoms with E-state index in [1.807, 2.05) is 29.2 Å². The fraction of sp³-hybridized carbons (Fsp3) is 0.312. The average molecular weight is 424 g/mol. The van der Waals surface area contributed by atoms with Crippen LogP contribution in [0.1, 0.15) is 45.3 Å². The molecule has 1 saturated heterocycles. The summed E-state index contributed by atoms with van der Waals surface area (Å²) < 4.78 is 1.11. The van der Waals surface area contributed by atoms with Gasteiger partial charge in [-0.1, -0.05) is 0 Å². The zero-order valence-electron chi connectivity index (χ0n) is 12.5. The second kappa shape index (κ2) is 6.69. The fourth-order valence-electron chi connectivity index (χ4n) is 2.84. The third-order valence-corrected chi connectivity index (χ3v) is 4.88. The van der Waals surface area contributed by atoms with Crippen LogP contribution < -0.4 is 5.73 Å². The van der Waals surface area contributed by atoms with Crippen LogP contribution in [0.2, 0.25) is 0 Å². The van der Waals surface area contributed by atoms with E-state index in [0.717, 1.165) is 27.7 Å². The molecule has 1 aromatic heterocycles. The first-order valence-electron chi connectivity index (χ1n) is 7.44. The molecule has 23 heavy (non-hydrogen) atoms. The summed E-state index contributed by atoms with van der Waals surface area (Å²) >= 11 is 2.22. The molecule has 1 aliphatic heterocycles. The monoisotopic (exact) mass is 424 g/mol. The minimum absolute atomic E-state index is 0.0716. The van der Waals surface area contributed by atoms with Crippen LogP contribution in [0.25, 0.3) is 0 Å². The van der Waals surface area contributed by atoms with Crippen molar-refractivity contribution in [3.05, 3.63) is 50.9 Å². The topological polar surface area (TPSA) is 92.1 Å². The molecule has 2 amide bonds. The van der Waals surface area contributed by atoms with E-state index < -0.39 is 5.91 Å². The second-order valence-corrected chi connectivity index (χ2v) is 6.89. The summed E-state index contributed by atoms with van der Waals surface area (Å²) in [7, 11) is 0. The van der Waals surface area contributed by atoms with Gasteiger partial charge < -0.3 is 10.6 Å². The quantitative estimate of drug-likeness (QED) is 0.740. The molecule has 7 heteroatoms. The lowest BCUT2D eigenvalue weighted by molar-refractivity contribution is 0.0712. The number of likely N-dealkylation sites (tertiary alicyclic amines) is 1. The molecule has 120 valence electrons. The first-order valence-corrected chi connectivity index (χ1v) is 8.52. The Hall–Kier alpha value is -1.90. The van der Waals surface area contributed by atoms with Gasteiger partial charge in [-0.25, -0.2) is 0 Å². The van der Waals surface area contributed by atoms with Crippen molar-refractivity contribution in [2.45, 2.75) is 18.8 Å². The van der Waals surface area contributed by atoms with E-state index in [2.05, 4.69) is 32.8 Å². The van der Waals surface area contributed by atoms with Crippen LogP contribution in [-0.2, 0) is 0 Å². The molecular weight excluding hydrogens is 407 g/mol. The summed E-state index contributed by atoms with van der Waals surface area (Å²) in [5.74, 6) is -0.183. The molecule has 2 aromatic rings. The van der Waals surface area contributed by atoms with Crippen LogP contribution in [0.5, 0.6) is 0 Å². The standard InChI is InChI=1S/C16H17IN4O2/c17-12-3-1-11(2-4-12)16(23)21-7-5-10(6-8-21)13-9-14(15(18)22)20-19-13/h1-4,9-10H,5-8H2,(H2,18,22)(H,19,20). The molecule has 1 aromatic carbocycles. The average Bonchev–Trinajstić information content (AvgIpc) is 3.05. The number of carbonyl (C=O) groups excluding carboxylic acids is 2. The van der Waals surface area contributed by atoms with Crippen molar-refractivity contribution in [1.29, 1.82) is 0 Å². The fourth-order valence-corrected chi connectivity index (χ4v) is 3.20. The number of benzene rings is 1. The molecule has 1 aliphatic rings. The highest BCUT2D eigenvalue weighted by molar-refractivity contribution is 14.1. The van der Waals surface area contributed by atoms with Gasteiger partial charge in [0.2, 0.25) is 0 Å². The molecule has 0 unspecified atom stereocenters. The number of aromatic nitrogens is 2. The minimum atomic E-state index is -0.529. The maximum absolute atomic E-state index is 12.5. The lowest BCUT2D eigenvalue weighted by Crippen LogP contribution is -2.38. The molecule has 0 bridgehead atoms. The molecule has 6 nitrogen and oxygen atoms in total. The van der Waals surface area contributed by atoms with Crippen molar-refractivity contribution in [3.63, 3.8) is 0 Å². The van der Waals surface area contributed by atoms with Crippen molar-refractivity contribution in [2.24, 2.45) is 5.73 Å². The molecule has 0 radical (unpaired) electrons. The van der Waals surface area contributed by atoms with Crippen molar-refractivity contribution < 1.29 is 9.59 Å². The number of halogens is 1. The summed E-state index contributed by atoms with van der Waals surface area (Å²) in [6.07, 6.45) is 1.69. The maximum atomic E-state index is 12.5. The normalized spacial score (nSPS) is 15.6. The molecule has 3 N–H and O–H groups in total. The molecule has 0 spiro atoms. The molecule has 0 atom stereocenters. The van der Waals surface area contributed by atoms with Crippen LogP contribution in [0.3, 0.4) is 0 Å². The predicted octanol–water partition coefficient (Wildman–Crippen LogP) is 2.13. The van der Waals surface area contributed by atoms with E-state index in [1.54, 1.807) is 6.07 Å². The molecule has 2 heterocycles. The summed E-state index contributed by atoms with van der Waals surface area (Å²) in [6.45, 7) is 1.39. The van der Waals surface area contributed by atoms with Gasteiger partial charge >= 0.3 is 0 Å². The Morgan fingerprint density at radius 2 is 1.87 bits per heavy atom. The van der Waals surface area contributed by atoms with E-state index in [0.29, 0.717) is 13.1 Å². The summed E-state index contributed by atoms with van der Waals surface area (Å²) in [5.41, 5.74) is 7.12. The predicted molar refractivity (Wildman–Crippen MR) is 94.1 cm³/mol. The number of nitrogens with two attached hydrogens (primary N) is 1. The number of H-pyrrole nitrogens is 1. The van der Waals surface area contributed by atoms with Gasteiger partial charge in [0.15, 0.2) is 0 Å². The van der Waals surface area contributed by atoms with Crippen LogP contribution in [0.15, 0.2) is 30.3 Å². The Kier molecular flexibility index (Phi) is 4.65. The van der Waals surface area contributed by atoms with E-state index >= 15 is 0 Å². The number of nitrogens with zero attached hydrogens (tertiary/aromatic N) is 2. The molecular formula is C16H17IN4O2. The number of piperidine rings is 1. The first-order chi connectivity index (χ1) is 11.0. The van der Waals surface area contributed by atoms with Gasteiger partial charge in [-0.3, -0.25) is 14.7 Å². The Bertz CT molecular complexity index is 718. The highest BCUT2D eigenvalue weighted by Crippen LogP contribution is 2.27. The highest BCUT2D eigenvalue weighted by atomic mass is 127. The molecule has 0 saturated carbocycles. The summed E-state index contributed by atoms with van der Waals surface area (Å²) in [5, 5.41) is 6.80. The van der Waals surface area contributed by atoms with E-state index in [1.165, 1.54) is 0 Å². The Morgan fingerprint density at radius 1 is 1.22 bits per heavy atom. The molecule has 3 rings (SSSR count). The lowest BCUT2D eigenvalue weighted by atomic mass is 9.93. The van der Waals surface area contributed by atoms with Gasteiger partial charge in [0, 0.05) is 33.8 Å². The largest absolute Gasteiger partial charge is 0.364 e. The molecule has 0 aliphatic carbocycles. The Balaban J connectivity index is 1.62. The number of amides is 2. The maximum Gasteiger partial charge on any atom is 0.269 e. The Morgan fingerprint density at radius 3 is 2.43 bits per heavy atom. The van der Waals surface area contributed by atoms with Crippen molar-refractivity contribution in [1.82, 2.24) is 15.1 Å². The van der Waals surface area contributed by atoms with Gasteiger partial charge in [-0.05, 0) is 65.8 Å². The van der Waals surface area contributed by atoms with Crippen LogP contribution >= 0.6 is 22.6 Å². The van der Waals surface area contributed by atoms with Gasteiger partial charge in [0.1, 0.15) is 5.69 Å². The number of carbonyl (C=O) groups is 2. The molecule has 1 fully saturated rings. The SMILES string of the molecule is NC(=O)c1cc(C2CCN(C(=O)c3ccc(I)cc3)CC2)[nH]n1. The number of nitrogens with one attached hydrogen (secondary N) is 1. The van der Waals surface area contributed by atoms with Crippen molar-refractivity contribution in [3.8, 4) is 0 Å². The van der Waals surface area contributed by atoms with E-state index in [4.69, 9.17) is 5.73 Å². The third-order valence-electron chi connectivity index (χ3n) is 4.16. The zero-order chi connectivity index (χ0) is 16.4. The number of hydrogen-bond acceptors (Lipinski definition) is 3. The number of hydrogen-bond donors (Lipinski definition) is 2.